The first-order valence-electron chi connectivity index (χ1n) is 6.33. The highest BCUT2D eigenvalue weighted by Crippen LogP contribution is 2.16. The summed E-state index contributed by atoms with van der Waals surface area (Å²) in [6, 6.07) is 19.0. The van der Waals surface area contributed by atoms with Crippen LogP contribution in [0.3, 0.4) is 0 Å². The maximum absolute atomic E-state index is 2.19. The van der Waals surface area contributed by atoms with Gasteiger partial charge in [-0.3, -0.25) is 0 Å². The van der Waals surface area contributed by atoms with Crippen LogP contribution in [0.5, 0.6) is 0 Å². The number of allylic oxidation sites excluding steroid dienone is 2. The molecule has 2 rings (SSSR count). The molecule has 0 N–H and O–H groups in total. The van der Waals surface area contributed by atoms with E-state index in [4.69, 9.17) is 0 Å². The number of hydrogen-bond acceptors (Lipinski definition) is 1. The van der Waals surface area contributed by atoms with E-state index in [9.17, 15) is 0 Å². The van der Waals surface area contributed by atoms with E-state index < -0.39 is 0 Å². The molecule has 0 atom stereocenters. The molecule has 96 valence electrons. The lowest BCUT2D eigenvalue weighted by Crippen LogP contribution is -1.75. The van der Waals surface area contributed by atoms with Gasteiger partial charge in [0.1, 0.15) is 0 Å². The first-order chi connectivity index (χ1) is 9.28. The predicted molar refractivity (Wildman–Crippen MR) is 87.4 cm³/mol. The summed E-state index contributed by atoms with van der Waals surface area (Å²) >= 11 is 1.77. The third-order valence-electron chi connectivity index (χ3n) is 2.85. The van der Waals surface area contributed by atoms with E-state index in [0.29, 0.717) is 0 Å². The number of rotatable bonds is 4. The molecule has 0 heterocycles. The van der Waals surface area contributed by atoms with Gasteiger partial charge in [0.2, 0.25) is 0 Å². The van der Waals surface area contributed by atoms with Gasteiger partial charge in [0.25, 0.3) is 0 Å². The van der Waals surface area contributed by atoms with Crippen LogP contribution in [0.4, 0.5) is 0 Å². The molecule has 19 heavy (non-hydrogen) atoms. The Morgan fingerprint density at radius 2 is 1.58 bits per heavy atom. The fraction of sp³-hybridized carbons (Fsp3) is 0.111. The van der Waals surface area contributed by atoms with Crippen LogP contribution in [0.2, 0.25) is 0 Å². The average molecular weight is 266 g/mol. The summed E-state index contributed by atoms with van der Waals surface area (Å²) in [4.78, 5) is 1.30. The van der Waals surface area contributed by atoms with Crippen molar-refractivity contribution in [1.29, 1.82) is 0 Å². The Bertz CT molecular complexity index is 562. The molecule has 0 aliphatic heterocycles. The lowest BCUT2D eigenvalue weighted by atomic mass is 10.1. The smallest absolute Gasteiger partial charge is 0.00695 e. The van der Waals surface area contributed by atoms with Gasteiger partial charge in [-0.2, -0.15) is 0 Å². The van der Waals surface area contributed by atoms with Gasteiger partial charge in [0, 0.05) is 4.90 Å². The molecular formula is C18H18S. The first kappa shape index (κ1) is 13.7. The minimum Gasteiger partial charge on any atom is -0.130 e. The fourth-order valence-electron chi connectivity index (χ4n) is 1.80. The lowest BCUT2D eigenvalue weighted by molar-refractivity contribution is 1.45. The van der Waals surface area contributed by atoms with Crippen molar-refractivity contribution >= 4 is 23.9 Å². The van der Waals surface area contributed by atoms with Gasteiger partial charge in [-0.25, -0.2) is 0 Å². The standard InChI is InChI=1S/C18H18S/c1-15(14-17-6-4-3-5-7-17)8-9-16-10-12-18(19-2)13-11-16/h3-14H,1-2H3. The largest absolute Gasteiger partial charge is 0.130 e. The monoisotopic (exact) mass is 266 g/mol. The van der Waals surface area contributed by atoms with Gasteiger partial charge in [-0.05, 0) is 36.4 Å². The van der Waals surface area contributed by atoms with E-state index >= 15 is 0 Å². The van der Waals surface area contributed by atoms with Crippen molar-refractivity contribution in [3.63, 3.8) is 0 Å². The van der Waals surface area contributed by atoms with Crippen LogP contribution in [0.15, 0.2) is 71.1 Å². The highest BCUT2D eigenvalue weighted by Gasteiger charge is 1.90. The van der Waals surface area contributed by atoms with Crippen LogP contribution in [0.1, 0.15) is 18.1 Å². The number of thioether (sulfide) groups is 1. The van der Waals surface area contributed by atoms with Crippen LogP contribution >= 0.6 is 11.8 Å². The molecule has 0 spiro atoms. The van der Waals surface area contributed by atoms with E-state index in [1.54, 1.807) is 11.8 Å². The molecule has 0 aliphatic carbocycles. The van der Waals surface area contributed by atoms with Crippen LogP contribution in [-0.2, 0) is 0 Å². The van der Waals surface area contributed by atoms with E-state index in [2.05, 4.69) is 79.9 Å². The van der Waals surface area contributed by atoms with Gasteiger partial charge in [-0.1, -0.05) is 66.3 Å². The normalized spacial score (nSPS) is 12.0. The Kier molecular flexibility index (Phi) is 5.05. The SMILES string of the molecule is CSc1ccc(C=CC(C)=Cc2ccccc2)cc1. The van der Waals surface area contributed by atoms with Crippen molar-refractivity contribution in [3.05, 3.63) is 77.4 Å². The fourth-order valence-corrected chi connectivity index (χ4v) is 2.21. The molecule has 1 heteroatoms. The summed E-state index contributed by atoms with van der Waals surface area (Å²) in [6.45, 7) is 2.12. The van der Waals surface area contributed by atoms with E-state index in [1.807, 2.05) is 6.07 Å². The lowest BCUT2D eigenvalue weighted by Gasteiger charge is -1.98. The van der Waals surface area contributed by atoms with E-state index in [-0.39, 0.29) is 0 Å². The molecule has 0 nitrogen and oxygen atoms in total. The molecule has 0 bridgehead atoms. The molecule has 0 saturated carbocycles. The zero-order valence-electron chi connectivity index (χ0n) is 11.3. The molecule has 2 aromatic carbocycles. The second kappa shape index (κ2) is 7.01. The van der Waals surface area contributed by atoms with Crippen molar-refractivity contribution < 1.29 is 0 Å². The maximum Gasteiger partial charge on any atom is 0.00695 e. The molecule has 2 aromatic rings. The van der Waals surface area contributed by atoms with Gasteiger partial charge in [0.05, 0.1) is 0 Å². The van der Waals surface area contributed by atoms with Crippen LogP contribution < -0.4 is 0 Å². The third-order valence-corrected chi connectivity index (χ3v) is 3.59. The molecule has 0 aliphatic rings. The van der Waals surface area contributed by atoms with Crippen LogP contribution in [-0.4, -0.2) is 6.26 Å². The van der Waals surface area contributed by atoms with Gasteiger partial charge in [0.15, 0.2) is 0 Å². The highest BCUT2D eigenvalue weighted by molar-refractivity contribution is 7.98. The molecule has 0 fully saturated rings. The van der Waals surface area contributed by atoms with Crippen molar-refractivity contribution in [1.82, 2.24) is 0 Å². The summed E-state index contributed by atoms with van der Waals surface area (Å²) in [5.41, 5.74) is 3.72. The maximum atomic E-state index is 2.19. The summed E-state index contributed by atoms with van der Waals surface area (Å²) in [7, 11) is 0. The van der Waals surface area contributed by atoms with Gasteiger partial charge in [-0.15, -0.1) is 11.8 Å². The minimum atomic E-state index is 1.23. The Balaban J connectivity index is 2.07. The van der Waals surface area contributed by atoms with Crippen molar-refractivity contribution in [3.8, 4) is 0 Å². The Morgan fingerprint density at radius 1 is 0.895 bits per heavy atom. The van der Waals surface area contributed by atoms with E-state index in [0.717, 1.165) is 0 Å². The quantitative estimate of drug-likeness (QED) is 0.518. The molecule has 0 aromatic heterocycles. The topological polar surface area (TPSA) is 0 Å². The third kappa shape index (κ3) is 4.46. The van der Waals surface area contributed by atoms with Gasteiger partial charge < -0.3 is 0 Å². The summed E-state index contributed by atoms with van der Waals surface area (Å²) in [5, 5.41) is 0. The Morgan fingerprint density at radius 3 is 2.21 bits per heavy atom. The van der Waals surface area contributed by atoms with Crippen molar-refractivity contribution in [2.45, 2.75) is 11.8 Å². The summed E-state index contributed by atoms with van der Waals surface area (Å²) in [5.74, 6) is 0. The molecule has 0 radical (unpaired) electrons. The zero-order valence-corrected chi connectivity index (χ0v) is 12.2. The van der Waals surface area contributed by atoms with Crippen LogP contribution in [0, 0.1) is 0 Å². The second-order valence-corrected chi connectivity index (χ2v) is 5.29. The number of hydrogen-bond donors (Lipinski definition) is 0. The molecule has 0 unspecified atom stereocenters. The predicted octanol–water partition coefficient (Wildman–Crippen LogP) is 5.53. The Hall–Kier alpha value is -1.73. The molecular weight excluding hydrogens is 248 g/mol. The molecule has 0 saturated heterocycles. The number of benzene rings is 2. The second-order valence-electron chi connectivity index (χ2n) is 4.41. The van der Waals surface area contributed by atoms with Crippen molar-refractivity contribution in [2.24, 2.45) is 0 Å². The summed E-state index contributed by atoms with van der Waals surface area (Å²) < 4.78 is 0. The summed E-state index contributed by atoms with van der Waals surface area (Å²) in [6.07, 6.45) is 8.59. The molecule has 0 amide bonds. The van der Waals surface area contributed by atoms with Gasteiger partial charge >= 0.3 is 0 Å². The van der Waals surface area contributed by atoms with Crippen LogP contribution in [0.25, 0.3) is 12.2 Å². The minimum absolute atomic E-state index is 1.23. The Labute approximate surface area is 119 Å². The zero-order chi connectivity index (χ0) is 13.5. The highest BCUT2D eigenvalue weighted by atomic mass is 32.2. The average Bonchev–Trinajstić information content (AvgIpc) is 2.47. The van der Waals surface area contributed by atoms with E-state index in [1.165, 1.54) is 21.6 Å². The first-order valence-corrected chi connectivity index (χ1v) is 7.56. The van der Waals surface area contributed by atoms with Crippen molar-refractivity contribution in [2.75, 3.05) is 6.26 Å².